The maximum atomic E-state index is 5.76. The Morgan fingerprint density at radius 1 is 1.16 bits per heavy atom. The molecule has 4 nitrogen and oxygen atoms in total. The van der Waals surface area contributed by atoms with Crippen LogP contribution in [0.4, 0.5) is 0 Å². The average Bonchev–Trinajstić information content (AvgIpc) is 2.46. The van der Waals surface area contributed by atoms with Crippen LogP contribution in [0.25, 0.3) is 0 Å². The summed E-state index contributed by atoms with van der Waals surface area (Å²) in [5.74, 6) is 1.77. The van der Waals surface area contributed by atoms with Crippen LogP contribution in [-0.2, 0) is 0 Å². The van der Waals surface area contributed by atoms with Gasteiger partial charge in [-0.15, -0.1) is 0 Å². The zero-order chi connectivity index (χ0) is 13.3. The summed E-state index contributed by atoms with van der Waals surface area (Å²) < 4.78 is 11.2. The van der Waals surface area contributed by atoms with Gasteiger partial charge in [-0.25, -0.2) is 0 Å². The summed E-state index contributed by atoms with van der Waals surface area (Å²) in [6, 6.07) is 7.86. The minimum Gasteiger partial charge on any atom is -0.494 e. The summed E-state index contributed by atoms with van der Waals surface area (Å²) in [4.78, 5) is 2.48. The van der Waals surface area contributed by atoms with Crippen LogP contribution in [-0.4, -0.2) is 50.8 Å². The quantitative estimate of drug-likeness (QED) is 0.761. The maximum Gasteiger partial charge on any atom is 0.122 e. The van der Waals surface area contributed by atoms with Gasteiger partial charge in [0, 0.05) is 38.8 Å². The number of nitrogens with zero attached hydrogens (tertiary/aromatic N) is 1. The van der Waals surface area contributed by atoms with Crippen molar-refractivity contribution in [2.24, 2.45) is 0 Å². The first-order valence-corrected chi connectivity index (χ1v) is 7.17. The molecule has 1 fully saturated rings. The second-order valence-electron chi connectivity index (χ2n) is 4.70. The molecule has 0 aliphatic carbocycles. The number of ether oxygens (including phenoxy) is 2. The van der Waals surface area contributed by atoms with E-state index in [9.17, 15) is 0 Å². The average molecular weight is 264 g/mol. The van der Waals surface area contributed by atoms with E-state index in [0.717, 1.165) is 57.3 Å². The molecule has 1 heterocycles. The minimum absolute atomic E-state index is 0.687. The Hall–Kier alpha value is -1.26. The minimum atomic E-state index is 0.687. The van der Waals surface area contributed by atoms with Gasteiger partial charge in [0.15, 0.2) is 0 Å². The summed E-state index contributed by atoms with van der Waals surface area (Å²) in [5, 5.41) is 3.36. The highest BCUT2D eigenvalue weighted by atomic mass is 16.5. The van der Waals surface area contributed by atoms with E-state index >= 15 is 0 Å². The first kappa shape index (κ1) is 14.2. The van der Waals surface area contributed by atoms with E-state index in [2.05, 4.69) is 10.2 Å². The molecule has 1 saturated heterocycles. The van der Waals surface area contributed by atoms with Crippen molar-refractivity contribution >= 4 is 0 Å². The molecule has 0 radical (unpaired) electrons. The standard InChI is InChI=1S/C15H24N2O2/c1-2-18-14-5-3-6-15(13-14)19-12-4-9-17-10-7-16-8-11-17/h3,5-6,13,16H,2,4,7-12H2,1H3. The van der Waals surface area contributed by atoms with E-state index in [0.29, 0.717) is 6.61 Å². The second kappa shape index (κ2) is 8.02. The van der Waals surface area contributed by atoms with E-state index < -0.39 is 0 Å². The van der Waals surface area contributed by atoms with Crippen molar-refractivity contribution in [3.63, 3.8) is 0 Å². The summed E-state index contributed by atoms with van der Waals surface area (Å²) in [6.45, 7) is 9.08. The highest BCUT2D eigenvalue weighted by molar-refractivity contribution is 5.32. The van der Waals surface area contributed by atoms with Crippen molar-refractivity contribution in [1.29, 1.82) is 0 Å². The van der Waals surface area contributed by atoms with E-state index in [1.165, 1.54) is 0 Å². The lowest BCUT2D eigenvalue weighted by Gasteiger charge is -2.26. The Bertz CT molecular complexity index is 365. The van der Waals surface area contributed by atoms with Crippen LogP contribution >= 0.6 is 0 Å². The number of nitrogens with one attached hydrogen (secondary N) is 1. The van der Waals surface area contributed by atoms with Crippen LogP contribution in [0.1, 0.15) is 13.3 Å². The van der Waals surface area contributed by atoms with Gasteiger partial charge in [-0.1, -0.05) is 6.07 Å². The van der Waals surface area contributed by atoms with Crippen LogP contribution in [0.5, 0.6) is 11.5 Å². The highest BCUT2D eigenvalue weighted by Gasteiger charge is 2.08. The molecule has 1 aliphatic heterocycles. The Morgan fingerprint density at radius 3 is 2.63 bits per heavy atom. The fourth-order valence-electron chi connectivity index (χ4n) is 2.23. The van der Waals surface area contributed by atoms with Gasteiger partial charge in [-0.3, -0.25) is 0 Å². The summed E-state index contributed by atoms with van der Waals surface area (Å²) in [7, 11) is 0. The number of benzene rings is 1. The van der Waals surface area contributed by atoms with Crippen LogP contribution in [0.2, 0.25) is 0 Å². The van der Waals surface area contributed by atoms with E-state index in [1.54, 1.807) is 0 Å². The van der Waals surface area contributed by atoms with Gasteiger partial charge in [-0.05, 0) is 25.5 Å². The van der Waals surface area contributed by atoms with Crippen molar-refractivity contribution in [3.05, 3.63) is 24.3 Å². The molecule has 0 saturated carbocycles. The van der Waals surface area contributed by atoms with Crippen LogP contribution < -0.4 is 14.8 Å². The predicted octanol–water partition coefficient (Wildman–Crippen LogP) is 1.76. The topological polar surface area (TPSA) is 33.7 Å². The number of rotatable bonds is 7. The second-order valence-corrected chi connectivity index (χ2v) is 4.70. The first-order chi connectivity index (χ1) is 9.38. The van der Waals surface area contributed by atoms with Gasteiger partial charge >= 0.3 is 0 Å². The van der Waals surface area contributed by atoms with E-state index in [4.69, 9.17) is 9.47 Å². The SMILES string of the molecule is CCOc1cccc(OCCCN2CCNCC2)c1. The molecule has 0 bridgehead atoms. The van der Waals surface area contributed by atoms with Crippen LogP contribution in [0.15, 0.2) is 24.3 Å². The van der Waals surface area contributed by atoms with Crippen molar-refractivity contribution in [1.82, 2.24) is 10.2 Å². The summed E-state index contributed by atoms with van der Waals surface area (Å²) >= 11 is 0. The Kier molecular flexibility index (Phi) is 5.98. The molecule has 19 heavy (non-hydrogen) atoms. The maximum absolute atomic E-state index is 5.76. The Morgan fingerprint density at radius 2 is 1.89 bits per heavy atom. The lowest BCUT2D eigenvalue weighted by molar-refractivity contribution is 0.213. The molecule has 4 heteroatoms. The molecule has 0 unspecified atom stereocenters. The molecule has 0 aromatic heterocycles. The molecule has 1 aliphatic rings. The van der Waals surface area contributed by atoms with Gasteiger partial charge < -0.3 is 19.7 Å². The molecule has 2 rings (SSSR count). The zero-order valence-electron chi connectivity index (χ0n) is 11.7. The Balaban J connectivity index is 1.65. The molecular weight excluding hydrogens is 240 g/mol. The molecule has 1 aromatic rings. The smallest absolute Gasteiger partial charge is 0.122 e. The summed E-state index contributed by atoms with van der Waals surface area (Å²) in [5.41, 5.74) is 0. The van der Waals surface area contributed by atoms with Crippen molar-refractivity contribution in [3.8, 4) is 11.5 Å². The fraction of sp³-hybridized carbons (Fsp3) is 0.600. The number of hydrogen-bond donors (Lipinski definition) is 1. The van der Waals surface area contributed by atoms with E-state index in [-0.39, 0.29) is 0 Å². The van der Waals surface area contributed by atoms with Gasteiger partial charge in [0.05, 0.1) is 13.2 Å². The third-order valence-electron chi connectivity index (χ3n) is 3.21. The zero-order valence-corrected chi connectivity index (χ0v) is 11.7. The van der Waals surface area contributed by atoms with Gasteiger partial charge in [0.25, 0.3) is 0 Å². The number of hydrogen-bond acceptors (Lipinski definition) is 4. The molecule has 106 valence electrons. The fourth-order valence-corrected chi connectivity index (χ4v) is 2.23. The van der Waals surface area contributed by atoms with Crippen molar-refractivity contribution in [2.45, 2.75) is 13.3 Å². The van der Waals surface area contributed by atoms with Crippen molar-refractivity contribution < 1.29 is 9.47 Å². The largest absolute Gasteiger partial charge is 0.494 e. The lowest BCUT2D eigenvalue weighted by atomic mass is 10.3. The molecule has 0 spiro atoms. The lowest BCUT2D eigenvalue weighted by Crippen LogP contribution is -2.43. The molecular formula is C15H24N2O2. The van der Waals surface area contributed by atoms with Gasteiger partial charge in [0.2, 0.25) is 0 Å². The van der Waals surface area contributed by atoms with E-state index in [1.807, 2.05) is 31.2 Å². The van der Waals surface area contributed by atoms with Crippen molar-refractivity contribution in [2.75, 3.05) is 45.9 Å². The third kappa shape index (κ3) is 5.09. The first-order valence-electron chi connectivity index (χ1n) is 7.17. The predicted molar refractivity (Wildman–Crippen MR) is 77.0 cm³/mol. The third-order valence-corrected chi connectivity index (χ3v) is 3.21. The number of piperazine rings is 1. The van der Waals surface area contributed by atoms with Gasteiger partial charge in [-0.2, -0.15) is 0 Å². The monoisotopic (exact) mass is 264 g/mol. The highest BCUT2D eigenvalue weighted by Crippen LogP contribution is 2.19. The molecule has 1 N–H and O–H groups in total. The van der Waals surface area contributed by atoms with Gasteiger partial charge in [0.1, 0.15) is 11.5 Å². The van der Waals surface area contributed by atoms with Crippen LogP contribution in [0.3, 0.4) is 0 Å². The molecule has 0 atom stereocenters. The Labute approximate surface area is 115 Å². The molecule has 1 aromatic carbocycles. The normalized spacial score (nSPS) is 16.3. The van der Waals surface area contributed by atoms with Crippen LogP contribution in [0, 0.1) is 0 Å². The summed E-state index contributed by atoms with van der Waals surface area (Å²) in [6.07, 6.45) is 1.07. The molecule has 0 amide bonds.